The molecule has 0 radical (unpaired) electrons. The van der Waals surface area contributed by atoms with Crippen molar-refractivity contribution in [3.63, 3.8) is 0 Å². The second-order valence-electron chi connectivity index (χ2n) is 5.20. The van der Waals surface area contributed by atoms with Crippen molar-refractivity contribution in [3.8, 4) is 0 Å². The van der Waals surface area contributed by atoms with Crippen LogP contribution in [-0.4, -0.2) is 18.0 Å². The van der Waals surface area contributed by atoms with Gasteiger partial charge in [0.25, 0.3) is 0 Å². The van der Waals surface area contributed by atoms with Crippen LogP contribution in [0.25, 0.3) is 0 Å². The van der Waals surface area contributed by atoms with Gasteiger partial charge in [-0.1, -0.05) is 24.3 Å². The Kier molecular flexibility index (Phi) is 3.69. The van der Waals surface area contributed by atoms with Gasteiger partial charge in [0, 0.05) is 30.6 Å². The highest BCUT2D eigenvalue weighted by Gasteiger charge is 2.25. The van der Waals surface area contributed by atoms with Crippen LogP contribution in [0, 0.1) is 6.92 Å². The number of nitrogens with zero attached hydrogens (tertiary/aromatic N) is 1. The summed E-state index contributed by atoms with van der Waals surface area (Å²) in [6.45, 7) is 5.01. The van der Waals surface area contributed by atoms with Crippen LogP contribution in [0.5, 0.6) is 0 Å². The molecule has 2 heterocycles. The van der Waals surface area contributed by atoms with Crippen LogP contribution in [-0.2, 0) is 13.0 Å². The number of hydrogen-bond donors (Lipinski definition) is 1. The lowest BCUT2D eigenvalue weighted by Crippen LogP contribution is -2.37. The van der Waals surface area contributed by atoms with Gasteiger partial charge in [-0.05, 0) is 41.5 Å². The van der Waals surface area contributed by atoms with Crippen molar-refractivity contribution in [2.75, 3.05) is 13.1 Å². The molecular formula is C16H20N2S. The second-order valence-corrected chi connectivity index (χ2v) is 6.20. The van der Waals surface area contributed by atoms with Gasteiger partial charge in [0.15, 0.2) is 0 Å². The molecular weight excluding hydrogens is 252 g/mol. The van der Waals surface area contributed by atoms with E-state index in [1.807, 2.05) is 11.3 Å². The first-order valence-corrected chi connectivity index (χ1v) is 7.72. The third kappa shape index (κ3) is 2.46. The van der Waals surface area contributed by atoms with E-state index in [9.17, 15) is 0 Å². The molecule has 3 heteroatoms. The minimum Gasteiger partial charge on any atom is -0.329 e. The lowest BCUT2D eigenvalue weighted by atomic mass is 9.97. The third-order valence-corrected chi connectivity index (χ3v) is 5.07. The standard InChI is InChI=1S/C16H20N2S/c1-12-4-2-3-5-14(12)15(10-17)18-8-6-16-13(11-18)7-9-19-16/h2-5,7,9,15H,6,8,10-11,17H2,1H3. The van der Waals surface area contributed by atoms with Crippen molar-refractivity contribution >= 4 is 11.3 Å². The number of benzene rings is 1. The molecule has 1 aromatic heterocycles. The monoisotopic (exact) mass is 272 g/mol. The molecule has 1 aromatic carbocycles. The highest BCUT2D eigenvalue weighted by molar-refractivity contribution is 7.10. The Labute approximate surface area is 118 Å². The molecule has 0 spiro atoms. The minimum atomic E-state index is 0.342. The van der Waals surface area contributed by atoms with Crippen molar-refractivity contribution in [1.29, 1.82) is 0 Å². The summed E-state index contributed by atoms with van der Waals surface area (Å²) >= 11 is 1.89. The predicted molar refractivity (Wildman–Crippen MR) is 81.4 cm³/mol. The molecule has 0 aliphatic carbocycles. The molecule has 1 atom stereocenters. The number of aryl methyl sites for hydroxylation is 1. The Morgan fingerprint density at radius 3 is 2.95 bits per heavy atom. The van der Waals surface area contributed by atoms with Gasteiger partial charge in [0.05, 0.1) is 0 Å². The Hall–Kier alpha value is -1.16. The number of thiophene rings is 1. The van der Waals surface area contributed by atoms with Gasteiger partial charge in [-0.15, -0.1) is 11.3 Å². The van der Waals surface area contributed by atoms with Crippen LogP contribution in [0.3, 0.4) is 0 Å². The van der Waals surface area contributed by atoms with E-state index >= 15 is 0 Å². The first-order chi connectivity index (χ1) is 9.29. The zero-order valence-electron chi connectivity index (χ0n) is 11.3. The van der Waals surface area contributed by atoms with Gasteiger partial charge in [-0.2, -0.15) is 0 Å². The van der Waals surface area contributed by atoms with Crippen LogP contribution < -0.4 is 5.73 Å². The summed E-state index contributed by atoms with van der Waals surface area (Å²) in [5.74, 6) is 0. The maximum Gasteiger partial charge on any atom is 0.0476 e. The number of hydrogen-bond acceptors (Lipinski definition) is 3. The Balaban J connectivity index is 1.86. The summed E-state index contributed by atoms with van der Waals surface area (Å²) in [5, 5.41) is 2.21. The molecule has 19 heavy (non-hydrogen) atoms. The molecule has 0 fully saturated rings. The van der Waals surface area contributed by atoms with Crippen LogP contribution in [0.4, 0.5) is 0 Å². The van der Waals surface area contributed by atoms with Gasteiger partial charge in [0.1, 0.15) is 0 Å². The van der Waals surface area contributed by atoms with E-state index in [0.29, 0.717) is 12.6 Å². The molecule has 0 saturated carbocycles. The summed E-state index contributed by atoms with van der Waals surface area (Å²) in [5.41, 5.74) is 10.3. The maximum atomic E-state index is 6.06. The van der Waals surface area contributed by atoms with E-state index in [0.717, 1.165) is 19.5 Å². The van der Waals surface area contributed by atoms with Crippen LogP contribution in [0.2, 0.25) is 0 Å². The summed E-state index contributed by atoms with van der Waals surface area (Å²) in [7, 11) is 0. The van der Waals surface area contributed by atoms with Crippen molar-refractivity contribution in [1.82, 2.24) is 4.90 Å². The SMILES string of the molecule is Cc1ccccc1C(CN)N1CCc2sccc2C1. The fraction of sp³-hybridized carbons (Fsp3) is 0.375. The van der Waals surface area contributed by atoms with E-state index in [1.54, 1.807) is 4.88 Å². The largest absolute Gasteiger partial charge is 0.329 e. The van der Waals surface area contributed by atoms with Gasteiger partial charge >= 0.3 is 0 Å². The number of rotatable bonds is 3. The Morgan fingerprint density at radius 1 is 1.32 bits per heavy atom. The zero-order chi connectivity index (χ0) is 13.2. The summed E-state index contributed by atoms with van der Waals surface area (Å²) < 4.78 is 0. The minimum absolute atomic E-state index is 0.342. The second kappa shape index (κ2) is 5.45. The third-order valence-electron chi connectivity index (χ3n) is 4.05. The maximum absolute atomic E-state index is 6.06. The average Bonchev–Trinajstić information content (AvgIpc) is 2.89. The molecule has 1 unspecified atom stereocenters. The lowest BCUT2D eigenvalue weighted by molar-refractivity contribution is 0.184. The molecule has 1 aliphatic heterocycles. The van der Waals surface area contributed by atoms with E-state index in [4.69, 9.17) is 5.73 Å². The Morgan fingerprint density at radius 2 is 2.16 bits per heavy atom. The molecule has 2 aromatic rings. The predicted octanol–water partition coefficient (Wildman–Crippen LogP) is 3.11. The van der Waals surface area contributed by atoms with Crippen LogP contribution in [0.15, 0.2) is 35.7 Å². The van der Waals surface area contributed by atoms with Crippen LogP contribution in [0.1, 0.15) is 27.6 Å². The van der Waals surface area contributed by atoms with Gasteiger partial charge in [-0.25, -0.2) is 0 Å². The molecule has 2 N–H and O–H groups in total. The normalized spacial score (nSPS) is 17.2. The van der Waals surface area contributed by atoms with E-state index in [1.165, 1.54) is 16.7 Å². The van der Waals surface area contributed by atoms with Crippen molar-refractivity contribution in [2.24, 2.45) is 5.73 Å². The van der Waals surface area contributed by atoms with Crippen molar-refractivity contribution in [2.45, 2.75) is 25.9 Å². The molecule has 1 aliphatic rings. The molecule has 0 amide bonds. The lowest BCUT2D eigenvalue weighted by Gasteiger charge is -2.35. The number of fused-ring (bicyclic) bond motifs is 1. The smallest absolute Gasteiger partial charge is 0.0476 e. The molecule has 100 valence electrons. The number of nitrogens with two attached hydrogens (primary N) is 1. The fourth-order valence-electron chi connectivity index (χ4n) is 2.97. The van der Waals surface area contributed by atoms with Gasteiger partial charge in [0.2, 0.25) is 0 Å². The topological polar surface area (TPSA) is 29.3 Å². The molecule has 0 bridgehead atoms. The first kappa shape index (κ1) is 12.9. The van der Waals surface area contributed by atoms with Gasteiger partial charge in [-0.3, -0.25) is 4.90 Å². The van der Waals surface area contributed by atoms with Crippen molar-refractivity contribution < 1.29 is 0 Å². The van der Waals surface area contributed by atoms with Crippen molar-refractivity contribution in [3.05, 3.63) is 57.3 Å². The molecule has 2 nitrogen and oxygen atoms in total. The fourth-order valence-corrected chi connectivity index (χ4v) is 3.86. The average molecular weight is 272 g/mol. The highest BCUT2D eigenvalue weighted by Crippen LogP contribution is 2.30. The summed E-state index contributed by atoms with van der Waals surface area (Å²) in [6, 6.07) is 11.2. The quantitative estimate of drug-likeness (QED) is 0.930. The molecule has 0 saturated heterocycles. The first-order valence-electron chi connectivity index (χ1n) is 6.84. The zero-order valence-corrected chi connectivity index (χ0v) is 12.1. The van der Waals surface area contributed by atoms with Gasteiger partial charge < -0.3 is 5.73 Å². The Bertz CT molecular complexity index is 561. The van der Waals surface area contributed by atoms with Crippen LogP contribution >= 0.6 is 11.3 Å². The summed E-state index contributed by atoms with van der Waals surface area (Å²) in [4.78, 5) is 4.08. The van der Waals surface area contributed by atoms with E-state index in [2.05, 4.69) is 47.5 Å². The van der Waals surface area contributed by atoms with E-state index in [-0.39, 0.29) is 0 Å². The summed E-state index contributed by atoms with van der Waals surface area (Å²) in [6.07, 6.45) is 1.16. The molecule has 3 rings (SSSR count). The van der Waals surface area contributed by atoms with E-state index < -0.39 is 0 Å². The highest BCUT2D eigenvalue weighted by atomic mass is 32.1.